The molecular formula is C23H27NO. The van der Waals surface area contributed by atoms with Gasteiger partial charge in [-0.1, -0.05) is 51.3 Å². The average molecular weight is 333 g/mol. The molecule has 0 amide bonds. The van der Waals surface area contributed by atoms with Crippen molar-refractivity contribution in [2.24, 2.45) is 7.05 Å². The van der Waals surface area contributed by atoms with Crippen LogP contribution in [0.15, 0.2) is 41.9 Å². The minimum Gasteiger partial charge on any atom is -0.456 e. The predicted octanol–water partition coefficient (Wildman–Crippen LogP) is 7.30. The van der Waals surface area contributed by atoms with Crippen LogP contribution in [0, 0.1) is 0 Å². The molecule has 2 aromatic heterocycles. The molecule has 0 aliphatic rings. The number of fused-ring (bicyclic) bond motifs is 2. The molecule has 0 aliphatic heterocycles. The van der Waals surface area contributed by atoms with E-state index in [2.05, 4.69) is 43.0 Å². The molecule has 2 heterocycles. The van der Waals surface area contributed by atoms with E-state index in [1.54, 1.807) is 0 Å². The highest BCUT2D eigenvalue weighted by Gasteiger charge is 2.16. The van der Waals surface area contributed by atoms with Gasteiger partial charge in [-0.3, -0.25) is 0 Å². The minimum absolute atomic E-state index is 0.849. The van der Waals surface area contributed by atoms with E-state index in [-0.39, 0.29) is 0 Å². The van der Waals surface area contributed by atoms with Gasteiger partial charge in [-0.05, 0) is 32.1 Å². The first-order chi connectivity index (χ1) is 12.2. The van der Waals surface area contributed by atoms with E-state index in [4.69, 9.17) is 4.42 Å². The monoisotopic (exact) mass is 333 g/mol. The number of nitrogens with zero attached hydrogens (tertiary/aromatic N) is 1. The molecule has 2 nitrogen and oxygen atoms in total. The first kappa shape index (κ1) is 18.6. The van der Waals surface area contributed by atoms with Crippen LogP contribution in [0.25, 0.3) is 46.2 Å². The van der Waals surface area contributed by atoms with E-state index >= 15 is 0 Å². The Labute approximate surface area is 150 Å². The van der Waals surface area contributed by atoms with E-state index < -0.39 is 0 Å². The van der Waals surface area contributed by atoms with Crippen molar-refractivity contribution in [1.29, 1.82) is 0 Å². The molecule has 3 rings (SSSR count). The summed E-state index contributed by atoms with van der Waals surface area (Å²) < 4.78 is 8.20. The Kier molecular flexibility index (Phi) is 5.87. The first-order valence-corrected chi connectivity index (χ1v) is 8.75. The van der Waals surface area contributed by atoms with Crippen molar-refractivity contribution < 1.29 is 4.42 Å². The molecule has 0 saturated carbocycles. The van der Waals surface area contributed by atoms with Gasteiger partial charge in [0.2, 0.25) is 0 Å². The van der Waals surface area contributed by atoms with Crippen molar-refractivity contribution in [3.8, 4) is 0 Å². The quantitative estimate of drug-likeness (QED) is 0.489. The van der Waals surface area contributed by atoms with Crippen LogP contribution in [0.1, 0.15) is 50.3 Å². The molecule has 0 saturated heterocycles. The molecular weight excluding hydrogens is 306 g/mol. The average Bonchev–Trinajstić information content (AvgIpc) is 3.10. The fourth-order valence-corrected chi connectivity index (χ4v) is 3.17. The zero-order valence-corrected chi connectivity index (χ0v) is 15.9. The standard InChI is InChI=1S/C21H21NO.C2H6/c1-6-10-18-14(8-3)16-12-17-15(9-4)20(11-7-2)23-21(17)13-19(16)22(18)5;1-2/h6-13H,3-4H2,1-2,5H3;1-2H3/b10-6-,11-7-;. The number of rotatable bonds is 4. The van der Waals surface area contributed by atoms with E-state index in [1.165, 1.54) is 5.39 Å². The SMILES string of the molecule is C=Cc1c(/C=C\C)oc2cc3c(cc12)c(C=C)c(/C=C\C)n3C.CC. The Bertz CT molecular complexity index is 977. The molecule has 0 fully saturated rings. The summed E-state index contributed by atoms with van der Waals surface area (Å²) in [6, 6.07) is 4.28. The Morgan fingerprint density at radius 1 is 0.920 bits per heavy atom. The Balaban J connectivity index is 0.00000109. The molecule has 0 aliphatic carbocycles. The van der Waals surface area contributed by atoms with E-state index in [0.29, 0.717) is 0 Å². The van der Waals surface area contributed by atoms with Crippen LogP contribution in [0.2, 0.25) is 0 Å². The van der Waals surface area contributed by atoms with Crippen LogP contribution >= 0.6 is 0 Å². The smallest absolute Gasteiger partial charge is 0.137 e. The van der Waals surface area contributed by atoms with Crippen molar-refractivity contribution in [2.45, 2.75) is 27.7 Å². The van der Waals surface area contributed by atoms with Crippen LogP contribution in [-0.4, -0.2) is 4.57 Å². The minimum atomic E-state index is 0.849. The number of aromatic nitrogens is 1. The topological polar surface area (TPSA) is 18.1 Å². The summed E-state index contributed by atoms with van der Waals surface area (Å²) in [5, 5.41) is 2.26. The van der Waals surface area contributed by atoms with Gasteiger partial charge in [-0.25, -0.2) is 0 Å². The third-order valence-corrected chi connectivity index (χ3v) is 4.21. The van der Waals surface area contributed by atoms with Crippen molar-refractivity contribution >= 4 is 46.2 Å². The first-order valence-electron chi connectivity index (χ1n) is 8.75. The number of furan rings is 1. The van der Waals surface area contributed by atoms with Gasteiger partial charge in [-0.2, -0.15) is 0 Å². The van der Waals surface area contributed by atoms with Gasteiger partial charge in [0.05, 0.1) is 5.52 Å². The van der Waals surface area contributed by atoms with Gasteiger partial charge in [-0.15, -0.1) is 0 Å². The third kappa shape index (κ3) is 3.00. The van der Waals surface area contributed by atoms with Crippen molar-refractivity contribution in [3.05, 3.63) is 60.0 Å². The molecule has 3 aromatic rings. The summed E-state index contributed by atoms with van der Waals surface area (Å²) in [5.74, 6) is 0.849. The second kappa shape index (κ2) is 7.89. The van der Waals surface area contributed by atoms with Crippen molar-refractivity contribution in [3.63, 3.8) is 0 Å². The fourth-order valence-electron chi connectivity index (χ4n) is 3.17. The van der Waals surface area contributed by atoms with Gasteiger partial charge in [0.15, 0.2) is 0 Å². The molecule has 0 spiro atoms. The van der Waals surface area contributed by atoms with Gasteiger partial charge in [0.25, 0.3) is 0 Å². The zero-order valence-electron chi connectivity index (χ0n) is 15.9. The number of hydrogen-bond acceptors (Lipinski definition) is 1. The summed E-state index contributed by atoms with van der Waals surface area (Å²) in [5.41, 5.74) is 5.34. The largest absolute Gasteiger partial charge is 0.456 e. The van der Waals surface area contributed by atoms with Crippen LogP contribution in [-0.2, 0) is 7.05 Å². The van der Waals surface area contributed by atoms with E-state index in [1.807, 2.05) is 58.1 Å². The van der Waals surface area contributed by atoms with Crippen molar-refractivity contribution in [1.82, 2.24) is 4.57 Å². The highest BCUT2D eigenvalue weighted by Crippen LogP contribution is 2.35. The number of allylic oxidation sites excluding steroid dienone is 2. The summed E-state index contributed by atoms with van der Waals surface area (Å²) in [7, 11) is 2.07. The summed E-state index contributed by atoms with van der Waals surface area (Å²) >= 11 is 0. The molecule has 0 atom stereocenters. The van der Waals surface area contributed by atoms with E-state index in [9.17, 15) is 0 Å². The molecule has 25 heavy (non-hydrogen) atoms. The van der Waals surface area contributed by atoms with Gasteiger partial charge >= 0.3 is 0 Å². The second-order valence-corrected chi connectivity index (χ2v) is 5.51. The van der Waals surface area contributed by atoms with Gasteiger partial charge in [0, 0.05) is 40.7 Å². The summed E-state index contributed by atoms with van der Waals surface area (Å²) in [6.07, 6.45) is 11.9. The number of hydrogen-bond donors (Lipinski definition) is 0. The molecule has 1 aromatic carbocycles. The summed E-state index contributed by atoms with van der Waals surface area (Å²) in [6.45, 7) is 15.9. The van der Waals surface area contributed by atoms with Crippen LogP contribution in [0.4, 0.5) is 0 Å². The lowest BCUT2D eigenvalue weighted by atomic mass is 10.1. The Morgan fingerprint density at radius 2 is 1.56 bits per heavy atom. The highest BCUT2D eigenvalue weighted by molar-refractivity contribution is 6.04. The summed E-state index contributed by atoms with van der Waals surface area (Å²) in [4.78, 5) is 0. The Hall–Kier alpha value is -2.74. The van der Waals surface area contributed by atoms with Crippen LogP contribution in [0.3, 0.4) is 0 Å². The van der Waals surface area contributed by atoms with E-state index in [0.717, 1.165) is 39.1 Å². The number of aryl methyl sites for hydroxylation is 1. The molecule has 0 N–H and O–H groups in total. The lowest BCUT2D eigenvalue weighted by Crippen LogP contribution is -1.90. The fraction of sp³-hybridized carbons (Fsp3) is 0.217. The third-order valence-electron chi connectivity index (χ3n) is 4.21. The normalized spacial score (nSPS) is 11.4. The maximum atomic E-state index is 6.02. The number of benzene rings is 1. The van der Waals surface area contributed by atoms with Crippen molar-refractivity contribution in [2.75, 3.05) is 0 Å². The predicted molar refractivity (Wildman–Crippen MR) is 114 cm³/mol. The molecule has 0 bridgehead atoms. The lowest BCUT2D eigenvalue weighted by molar-refractivity contribution is 0.603. The maximum absolute atomic E-state index is 6.02. The molecule has 130 valence electrons. The maximum Gasteiger partial charge on any atom is 0.137 e. The molecule has 0 unspecified atom stereocenters. The van der Waals surface area contributed by atoms with Crippen LogP contribution in [0.5, 0.6) is 0 Å². The van der Waals surface area contributed by atoms with Crippen LogP contribution < -0.4 is 0 Å². The highest BCUT2D eigenvalue weighted by atomic mass is 16.3. The molecule has 2 heteroatoms. The zero-order chi connectivity index (χ0) is 18.6. The second-order valence-electron chi connectivity index (χ2n) is 5.51. The van der Waals surface area contributed by atoms with Gasteiger partial charge in [0.1, 0.15) is 11.3 Å². The molecule has 0 radical (unpaired) electrons. The Morgan fingerprint density at radius 3 is 2.12 bits per heavy atom. The van der Waals surface area contributed by atoms with Gasteiger partial charge < -0.3 is 8.98 Å². The lowest BCUT2D eigenvalue weighted by Gasteiger charge is -1.99.